The van der Waals surface area contributed by atoms with Gasteiger partial charge in [0, 0.05) is 46.6 Å². The molecule has 8 N–H and O–H groups in total. The van der Waals surface area contributed by atoms with Crippen molar-refractivity contribution in [2.75, 3.05) is 75.9 Å². The molecule has 0 saturated carbocycles. The van der Waals surface area contributed by atoms with Gasteiger partial charge in [-0.3, -0.25) is 29.2 Å². The monoisotopic (exact) mass is 1200 g/mol. The van der Waals surface area contributed by atoms with Gasteiger partial charge in [0.15, 0.2) is 0 Å². The maximum Gasteiger partial charge on any atom is 0.412 e. The molecule has 4 aromatic heterocycles. The first-order valence-corrected chi connectivity index (χ1v) is 29.7. The number of benzene rings is 4. The van der Waals surface area contributed by atoms with Crippen LogP contribution in [-0.4, -0.2) is 95.9 Å². The largest absolute Gasteiger partial charge is 0.444 e. The second kappa shape index (κ2) is 26.8. The first kappa shape index (κ1) is 60.7. The van der Waals surface area contributed by atoms with E-state index in [1.165, 1.54) is 6.20 Å². The lowest BCUT2D eigenvalue weighted by Crippen LogP contribution is -2.56. The van der Waals surface area contributed by atoms with Crippen molar-refractivity contribution in [3.8, 4) is 20.9 Å². The van der Waals surface area contributed by atoms with Crippen LogP contribution in [0.1, 0.15) is 67.2 Å². The summed E-state index contributed by atoms with van der Waals surface area (Å²) >= 11 is 9.00. The van der Waals surface area contributed by atoms with E-state index in [1.54, 1.807) is 86.0 Å². The third-order valence-electron chi connectivity index (χ3n) is 15.0. The van der Waals surface area contributed by atoms with Crippen LogP contribution in [0.3, 0.4) is 0 Å². The highest BCUT2D eigenvalue weighted by atomic mass is 35.5. The van der Waals surface area contributed by atoms with Gasteiger partial charge in [-0.25, -0.2) is 14.8 Å². The Kier molecular flexibility index (Phi) is 19.1. The fourth-order valence-electron chi connectivity index (χ4n) is 10.6. The lowest BCUT2D eigenvalue weighted by molar-refractivity contribution is -0.125. The highest BCUT2D eigenvalue weighted by molar-refractivity contribution is 7.13. The van der Waals surface area contributed by atoms with Crippen LogP contribution in [0.4, 0.5) is 49.4 Å². The molecule has 12 rings (SSSR count). The zero-order chi connectivity index (χ0) is 58.8. The molecular weight excluding hydrogens is 1140 g/mol. The van der Waals surface area contributed by atoms with Crippen LogP contribution < -0.4 is 52.3 Å². The second-order valence-electron chi connectivity index (χ2n) is 21.5. The van der Waals surface area contributed by atoms with Crippen LogP contribution >= 0.6 is 34.3 Å². The van der Waals surface area contributed by atoms with E-state index in [0.717, 1.165) is 64.0 Å². The average Bonchev–Trinajstić information content (AvgIpc) is 2.53. The number of nitrogens with one attached hydrogen (secondary N) is 6. The minimum atomic E-state index is -0.640. The Labute approximate surface area is 505 Å². The number of nitrogens with zero attached hydrogens (tertiary/aromatic N) is 5. The molecule has 4 aliphatic heterocycles. The number of thiophene rings is 2. The molecule has 4 saturated heterocycles. The number of nitrogens with two attached hydrogens (primary N) is 1. The number of halogens is 2. The molecule has 85 heavy (non-hydrogen) atoms. The molecule has 0 bridgehead atoms. The topological polar surface area (TPSA) is 228 Å². The third kappa shape index (κ3) is 14.2. The first-order valence-electron chi connectivity index (χ1n) is 27.6. The summed E-state index contributed by atoms with van der Waals surface area (Å²) in [6.07, 6.45) is 5.52. The standard InChI is InChI=1S/C29H28N6O2S.C21H20ClN3O3S.C13H17N3O.FH/c30-23-10-8-20(25-7-4-16-38-25)17-24(23)33-27(36)21-9-11-26(31-18-21)34-14-12-29(13-15-34)28(37)32-19-35(29)22-5-2-1-3-6-22;1-21(2,3)28-20(27)25-15-8-6-13(17-5-4-10-29-17)11-16(15)24-19(26)14-7-9-18(22)23-12-14;17-12-13(6-8-14-9-7-13)16(10-15-12)11-4-2-1-3-5-11;/h1-11,16-18H,12-15,19,30H2,(H,32,37)(H,33,36);4-12H,1-3H3,(H,24,26)(H,25,27);1-5,14H,6-10H2,(H,15,17);1H. The van der Waals surface area contributed by atoms with Crippen molar-refractivity contribution in [3.63, 3.8) is 0 Å². The van der Waals surface area contributed by atoms with E-state index >= 15 is 0 Å². The summed E-state index contributed by atoms with van der Waals surface area (Å²) < 4.78 is 5.32. The summed E-state index contributed by atoms with van der Waals surface area (Å²) in [5.74, 6) is 0.425. The smallest absolute Gasteiger partial charge is 0.412 e. The molecule has 2 spiro atoms. The number of anilines is 7. The number of para-hydroxylation sites is 2. The van der Waals surface area contributed by atoms with Crippen LogP contribution in [0, 0.1) is 0 Å². The predicted molar refractivity (Wildman–Crippen MR) is 339 cm³/mol. The van der Waals surface area contributed by atoms with Crippen LogP contribution in [0.25, 0.3) is 20.9 Å². The van der Waals surface area contributed by atoms with Gasteiger partial charge in [-0.15, -0.1) is 22.7 Å². The number of nitrogen functional groups attached to an aromatic ring is 1. The van der Waals surface area contributed by atoms with Gasteiger partial charge >= 0.3 is 6.09 Å². The van der Waals surface area contributed by atoms with Crippen LogP contribution in [-0.2, 0) is 14.3 Å². The molecule has 18 nitrogen and oxygen atoms in total. The van der Waals surface area contributed by atoms with Gasteiger partial charge in [0.1, 0.15) is 27.6 Å². The SMILES string of the molecule is CC(C)(C)OC(=O)Nc1ccc(-c2cccs2)cc1NC(=O)c1ccc(Cl)nc1.F.Nc1ccc(-c2cccs2)cc1NC(=O)c1ccc(N2CCC3(CC2)C(=O)NCN3c2ccccc2)nc1.O=C1NCN(c2ccccc2)C12CCNCC2. The van der Waals surface area contributed by atoms with Crippen molar-refractivity contribution in [3.05, 3.63) is 185 Å². The van der Waals surface area contributed by atoms with Crippen molar-refractivity contribution >= 4 is 104 Å². The Balaban J connectivity index is 0.000000163. The normalized spacial score (nSPS) is 15.7. The van der Waals surface area contributed by atoms with E-state index < -0.39 is 17.2 Å². The molecular formula is C63H66ClFN12O6S2. The maximum absolute atomic E-state index is 13.0. The summed E-state index contributed by atoms with van der Waals surface area (Å²) in [6.45, 7) is 9.71. The lowest BCUT2D eigenvalue weighted by atomic mass is 9.85. The van der Waals surface area contributed by atoms with E-state index in [2.05, 4.69) is 68.7 Å². The number of carbonyl (C=O) groups is 5. The molecule has 8 heterocycles. The van der Waals surface area contributed by atoms with Crippen LogP contribution in [0.15, 0.2) is 169 Å². The number of rotatable bonds is 10. The summed E-state index contributed by atoms with van der Waals surface area (Å²) in [5.41, 5.74) is 11.5. The number of piperidine rings is 2. The summed E-state index contributed by atoms with van der Waals surface area (Å²) in [7, 11) is 0. The van der Waals surface area contributed by atoms with Crippen molar-refractivity contribution < 1.29 is 33.4 Å². The molecule has 0 unspecified atom stereocenters. The number of ether oxygens (including phenoxy) is 1. The Hall–Kier alpha value is -8.89. The summed E-state index contributed by atoms with van der Waals surface area (Å²) in [5, 5.41) is 22.1. The van der Waals surface area contributed by atoms with E-state index in [-0.39, 0.29) is 33.9 Å². The molecule has 440 valence electrons. The molecule has 22 heteroatoms. The van der Waals surface area contributed by atoms with Gasteiger partial charge in [0.2, 0.25) is 11.8 Å². The van der Waals surface area contributed by atoms with E-state index in [1.807, 2.05) is 108 Å². The third-order valence-corrected chi connectivity index (χ3v) is 17.0. The van der Waals surface area contributed by atoms with Gasteiger partial charge in [-0.05, 0) is 166 Å². The van der Waals surface area contributed by atoms with Crippen molar-refractivity contribution in [1.82, 2.24) is 25.9 Å². The molecule has 4 fully saturated rings. The van der Waals surface area contributed by atoms with E-state index in [4.69, 9.17) is 22.1 Å². The number of carbonyl (C=O) groups excluding carboxylic acids is 5. The number of hydrogen-bond donors (Lipinski definition) is 7. The molecule has 4 aliphatic rings. The number of hydrogen-bond acceptors (Lipinski definition) is 15. The van der Waals surface area contributed by atoms with Gasteiger partial charge in [0.25, 0.3) is 11.8 Å². The van der Waals surface area contributed by atoms with Gasteiger partial charge in [-0.1, -0.05) is 72.3 Å². The Morgan fingerprint density at radius 1 is 0.612 bits per heavy atom. The van der Waals surface area contributed by atoms with Crippen molar-refractivity contribution in [2.24, 2.45) is 0 Å². The Morgan fingerprint density at radius 3 is 1.64 bits per heavy atom. The average molecular weight is 1210 g/mol. The summed E-state index contributed by atoms with van der Waals surface area (Å²) in [6, 6.07) is 46.0. The molecule has 4 aromatic carbocycles. The Bertz CT molecular complexity index is 3580. The fraction of sp³-hybridized carbons (Fsp3) is 0.254. The van der Waals surface area contributed by atoms with Crippen LogP contribution in [0.5, 0.6) is 0 Å². The number of amides is 5. The maximum atomic E-state index is 13.0. The quantitative estimate of drug-likeness (QED) is 0.0500. The van der Waals surface area contributed by atoms with Crippen molar-refractivity contribution in [1.29, 1.82) is 0 Å². The lowest BCUT2D eigenvalue weighted by Gasteiger charge is -2.43. The minimum absolute atomic E-state index is 0. The van der Waals surface area contributed by atoms with Crippen molar-refractivity contribution in [2.45, 2.75) is 63.1 Å². The minimum Gasteiger partial charge on any atom is -0.444 e. The summed E-state index contributed by atoms with van der Waals surface area (Å²) in [4.78, 5) is 80.1. The zero-order valence-electron chi connectivity index (χ0n) is 47.1. The van der Waals surface area contributed by atoms with Gasteiger partial charge in [0.05, 0.1) is 47.2 Å². The second-order valence-corrected chi connectivity index (χ2v) is 23.8. The molecule has 5 amide bonds. The molecule has 0 aliphatic carbocycles. The van der Waals surface area contributed by atoms with Gasteiger partial charge in [-0.2, -0.15) is 0 Å². The first-order chi connectivity index (χ1) is 40.6. The van der Waals surface area contributed by atoms with E-state index in [9.17, 15) is 24.0 Å². The molecule has 8 aromatic rings. The molecule has 0 radical (unpaired) electrons. The Morgan fingerprint density at radius 2 is 1.13 bits per heavy atom. The zero-order valence-corrected chi connectivity index (χ0v) is 49.5. The van der Waals surface area contributed by atoms with E-state index in [0.29, 0.717) is 78.3 Å². The molecule has 0 atom stereocenters. The van der Waals surface area contributed by atoms with Crippen LogP contribution in [0.2, 0.25) is 5.15 Å². The number of pyridine rings is 2. The number of aromatic nitrogens is 2. The predicted octanol–water partition coefficient (Wildman–Crippen LogP) is 11.5. The van der Waals surface area contributed by atoms with Gasteiger partial charge < -0.3 is 51.8 Å². The fourth-order valence-corrected chi connectivity index (χ4v) is 12.2. The highest BCUT2D eigenvalue weighted by Gasteiger charge is 2.51. The highest BCUT2D eigenvalue weighted by Crippen LogP contribution is 2.39.